The molecule has 3 aromatic rings. The zero-order chi connectivity index (χ0) is 22.7. The van der Waals surface area contributed by atoms with Crippen molar-refractivity contribution in [2.45, 2.75) is 24.9 Å². The maximum Gasteiger partial charge on any atom is 0.255 e. The minimum atomic E-state index is -0.515. The highest BCUT2D eigenvalue weighted by atomic mass is 16.5. The molecule has 2 aliphatic heterocycles. The van der Waals surface area contributed by atoms with Gasteiger partial charge in [0.2, 0.25) is 5.88 Å². The monoisotopic (exact) mass is 442 g/mol. The maximum absolute atomic E-state index is 13.3. The molecule has 8 nitrogen and oxygen atoms in total. The highest BCUT2D eigenvalue weighted by Gasteiger charge is 2.45. The summed E-state index contributed by atoms with van der Waals surface area (Å²) in [6.45, 7) is 1.72. The molecule has 0 saturated carbocycles. The highest BCUT2D eigenvalue weighted by Crippen LogP contribution is 2.35. The van der Waals surface area contributed by atoms with E-state index >= 15 is 0 Å². The number of fused-ring (bicyclic) bond motifs is 1. The standard InChI is InChI=1S/C25H26N6O2/c1-33-21-11-10-19(16-27-21)23(32)31-14-6-12-25(17-31)24(28-15-18-7-3-2-4-8-18)29-22-20(30-25)9-5-13-26-22/h2-5,7-11,13,16,30H,6,12,14-15,17H2,1H3,(H,26,28,29)/t25-/m0/s1. The van der Waals surface area contributed by atoms with Crippen molar-refractivity contribution in [2.75, 3.05) is 30.8 Å². The minimum Gasteiger partial charge on any atom is -0.481 e. The molecule has 5 rings (SSSR count). The lowest BCUT2D eigenvalue weighted by atomic mass is 9.85. The second-order valence-corrected chi connectivity index (χ2v) is 8.30. The van der Waals surface area contributed by atoms with E-state index in [2.05, 4.69) is 32.7 Å². The number of ether oxygens (including phenoxy) is 1. The van der Waals surface area contributed by atoms with E-state index in [0.717, 1.165) is 35.7 Å². The fourth-order valence-corrected chi connectivity index (χ4v) is 4.43. The topological polar surface area (TPSA) is 91.7 Å². The lowest BCUT2D eigenvalue weighted by molar-refractivity contribution is 0.0694. The zero-order valence-electron chi connectivity index (χ0n) is 18.5. The zero-order valence-corrected chi connectivity index (χ0v) is 18.5. The molecular weight excluding hydrogens is 416 g/mol. The minimum absolute atomic E-state index is 0.0505. The van der Waals surface area contributed by atoms with E-state index in [4.69, 9.17) is 9.73 Å². The van der Waals surface area contributed by atoms with Crippen LogP contribution in [-0.2, 0) is 6.54 Å². The van der Waals surface area contributed by atoms with Gasteiger partial charge in [-0.25, -0.2) is 9.97 Å². The van der Waals surface area contributed by atoms with E-state index in [1.54, 1.807) is 31.6 Å². The van der Waals surface area contributed by atoms with Gasteiger partial charge in [-0.3, -0.25) is 9.79 Å². The third kappa shape index (κ3) is 4.24. The number of aromatic nitrogens is 2. The predicted octanol–water partition coefficient (Wildman–Crippen LogP) is 3.60. The van der Waals surface area contributed by atoms with Crippen LogP contribution in [0.1, 0.15) is 28.8 Å². The molecule has 1 saturated heterocycles. The van der Waals surface area contributed by atoms with Crippen LogP contribution in [0.25, 0.3) is 0 Å². The first-order valence-electron chi connectivity index (χ1n) is 11.1. The summed E-state index contributed by atoms with van der Waals surface area (Å²) < 4.78 is 5.12. The number of piperidine rings is 1. The quantitative estimate of drug-likeness (QED) is 0.642. The summed E-state index contributed by atoms with van der Waals surface area (Å²) in [4.78, 5) is 28.8. The average molecular weight is 443 g/mol. The molecule has 1 atom stereocenters. The number of amidine groups is 1. The van der Waals surface area contributed by atoms with Crippen LogP contribution < -0.4 is 15.4 Å². The first kappa shape index (κ1) is 20.9. The number of anilines is 2. The molecular formula is C25H26N6O2. The van der Waals surface area contributed by atoms with E-state index in [0.29, 0.717) is 31.1 Å². The Morgan fingerprint density at radius 1 is 1.15 bits per heavy atom. The number of rotatable bonds is 4. The third-order valence-corrected chi connectivity index (χ3v) is 6.11. The Hall–Kier alpha value is -3.94. The Labute approximate surface area is 192 Å². The fourth-order valence-electron chi connectivity index (χ4n) is 4.43. The SMILES string of the molecule is COc1ccc(C(=O)N2CCC[C@@]3(C2)Nc2cccnc2NC3=NCc2ccccc2)cn1. The molecule has 1 aromatic carbocycles. The van der Waals surface area contributed by atoms with Gasteiger partial charge in [-0.05, 0) is 36.6 Å². The molecule has 1 spiro atoms. The molecule has 0 aliphatic carbocycles. The number of carbonyl (C=O) groups is 1. The van der Waals surface area contributed by atoms with Crippen molar-refractivity contribution >= 4 is 23.2 Å². The number of nitrogens with one attached hydrogen (secondary N) is 2. The molecule has 0 unspecified atom stereocenters. The number of hydrogen-bond donors (Lipinski definition) is 2. The van der Waals surface area contributed by atoms with E-state index < -0.39 is 5.54 Å². The maximum atomic E-state index is 13.3. The Morgan fingerprint density at radius 3 is 2.82 bits per heavy atom. The molecule has 0 bridgehead atoms. The summed E-state index contributed by atoms with van der Waals surface area (Å²) in [5.74, 6) is 1.99. The van der Waals surface area contributed by atoms with Gasteiger partial charge in [0.25, 0.3) is 5.91 Å². The van der Waals surface area contributed by atoms with Gasteiger partial charge >= 0.3 is 0 Å². The number of likely N-dealkylation sites (tertiary alicyclic amines) is 1. The van der Waals surface area contributed by atoms with Crippen molar-refractivity contribution in [2.24, 2.45) is 4.99 Å². The van der Waals surface area contributed by atoms with Crippen LogP contribution in [-0.4, -0.2) is 52.3 Å². The summed E-state index contributed by atoms with van der Waals surface area (Å²) in [6.07, 6.45) is 5.03. The number of methoxy groups -OCH3 is 1. The van der Waals surface area contributed by atoms with Gasteiger partial charge in [0.15, 0.2) is 5.82 Å². The molecule has 33 heavy (non-hydrogen) atoms. The van der Waals surface area contributed by atoms with Gasteiger partial charge in [0, 0.05) is 25.0 Å². The highest BCUT2D eigenvalue weighted by molar-refractivity contribution is 6.09. The van der Waals surface area contributed by atoms with Gasteiger partial charge in [0.05, 0.1) is 31.5 Å². The molecule has 4 heterocycles. The number of carbonyl (C=O) groups excluding carboxylic acids is 1. The third-order valence-electron chi connectivity index (χ3n) is 6.11. The van der Waals surface area contributed by atoms with Crippen molar-refractivity contribution in [3.05, 3.63) is 78.1 Å². The number of hydrogen-bond acceptors (Lipinski definition) is 6. The number of amides is 1. The largest absolute Gasteiger partial charge is 0.481 e. The van der Waals surface area contributed by atoms with Gasteiger partial charge < -0.3 is 20.3 Å². The van der Waals surface area contributed by atoms with Gasteiger partial charge in [-0.1, -0.05) is 30.3 Å². The number of aliphatic imine (C=N–C) groups is 1. The normalized spacial score (nSPS) is 20.6. The predicted molar refractivity (Wildman–Crippen MR) is 128 cm³/mol. The van der Waals surface area contributed by atoms with E-state index in [9.17, 15) is 4.79 Å². The van der Waals surface area contributed by atoms with Gasteiger partial charge in [0.1, 0.15) is 11.4 Å². The van der Waals surface area contributed by atoms with Crippen LogP contribution in [0.2, 0.25) is 0 Å². The Balaban J connectivity index is 1.45. The first-order chi connectivity index (χ1) is 16.2. The molecule has 2 aromatic heterocycles. The molecule has 1 fully saturated rings. The number of nitrogens with zero attached hydrogens (tertiary/aromatic N) is 4. The summed E-state index contributed by atoms with van der Waals surface area (Å²) in [7, 11) is 1.56. The summed E-state index contributed by atoms with van der Waals surface area (Å²) in [5.41, 5.74) is 2.07. The van der Waals surface area contributed by atoms with Crippen LogP contribution >= 0.6 is 0 Å². The Morgan fingerprint density at radius 2 is 2.03 bits per heavy atom. The summed E-state index contributed by atoms with van der Waals surface area (Å²) >= 11 is 0. The van der Waals surface area contributed by atoms with Gasteiger partial charge in [-0.2, -0.15) is 0 Å². The Bertz CT molecular complexity index is 1170. The molecule has 2 N–H and O–H groups in total. The van der Waals surface area contributed by atoms with E-state index in [1.807, 2.05) is 35.2 Å². The fraction of sp³-hybridized carbons (Fsp3) is 0.280. The molecule has 0 radical (unpaired) electrons. The second-order valence-electron chi connectivity index (χ2n) is 8.30. The lowest BCUT2D eigenvalue weighted by Crippen LogP contribution is -2.62. The molecule has 168 valence electrons. The van der Waals surface area contributed by atoms with Crippen molar-refractivity contribution in [1.82, 2.24) is 14.9 Å². The van der Waals surface area contributed by atoms with Gasteiger partial charge in [-0.15, -0.1) is 0 Å². The van der Waals surface area contributed by atoms with Crippen LogP contribution in [0.4, 0.5) is 11.5 Å². The Kier molecular flexibility index (Phi) is 5.64. The van der Waals surface area contributed by atoms with Crippen LogP contribution in [0.15, 0.2) is 72.0 Å². The molecule has 1 amide bonds. The first-order valence-corrected chi connectivity index (χ1v) is 11.1. The average Bonchev–Trinajstić information content (AvgIpc) is 2.88. The second kappa shape index (κ2) is 8.90. The van der Waals surface area contributed by atoms with Crippen LogP contribution in [0.3, 0.4) is 0 Å². The van der Waals surface area contributed by atoms with E-state index in [1.165, 1.54) is 0 Å². The van der Waals surface area contributed by atoms with Crippen molar-refractivity contribution in [1.29, 1.82) is 0 Å². The molecule has 8 heteroatoms. The van der Waals surface area contributed by atoms with Crippen molar-refractivity contribution in [3.63, 3.8) is 0 Å². The van der Waals surface area contributed by atoms with Crippen LogP contribution in [0, 0.1) is 0 Å². The van der Waals surface area contributed by atoms with Crippen molar-refractivity contribution < 1.29 is 9.53 Å². The summed E-state index contributed by atoms with van der Waals surface area (Å²) in [5, 5.41) is 7.12. The number of benzene rings is 1. The van der Waals surface area contributed by atoms with Crippen LogP contribution in [0.5, 0.6) is 5.88 Å². The van der Waals surface area contributed by atoms with Crippen molar-refractivity contribution in [3.8, 4) is 5.88 Å². The molecule has 2 aliphatic rings. The number of pyridine rings is 2. The lowest BCUT2D eigenvalue weighted by Gasteiger charge is -2.47. The summed E-state index contributed by atoms with van der Waals surface area (Å²) in [6, 6.07) is 17.5. The van der Waals surface area contributed by atoms with E-state index in [-0.39, 0.29) is 5.91 Å². The smallest absolute Gasteiger partial charge is 0.255 e.